The molecule has 6 heteroatoms. The summed E-state index contributed by atoms with van der Waals surface area (Å²) in [6.45, 7) is 7.31. The first-order valence-corrected chi connectivity index (χ1v) is 9.32. The predicted molar refractivity (Wildman–Crippen MR) is 100 cm³/mol. The van der Waals surface area contributed by atoms with Gasteiger partial charge in [0, 0.05) is 6.54 Å². The van der Waals surface area contributed by atoms with E-state index in [0.717, 1.165) is 15.4 Å². The minimum Gasteiger partial charge on any atom is -0.351 e. The minimum absolute atomic E-state index is 0.144. The summed E-state index contributed by atoms with van der Waals surface area (Å²) in [7, 11) is -3.86. The van der Waals surface area contributed by atoms with Gasteiger partial charge in [-0.25, -0.2) is 8.42 Å². The molecule has 2 aromatic rings. The number of amides is 1. The number of rotatable bonds is 7. The highest BCUT2D eigenvalue weighted by Gasteiger charge is 2.27. The van der Waals surface area contributed by atoms with Crippen molar-refractivity contribution in [3.63, 3.8) is 0 Å². The lowest BCUT2D eigenvalue weighted by Crippen LogP contribution is -2.41. The van der Waals surface area contributed by atoms with Crippen LogP contribution in [0.5, 0.6) is 0 Å². The fourth-order valence-corrected chi connectivity index (χ4v) is 3.93. The Kier molecular flexibility index (Phi) is 5.98. The van der Waals surface area contributed by atoms with E-state index >= 15 is 0 Å². The van der Waals surface area contributed by atoms with E-state index in [4.69, 9.17) is 0 Å². The Morgan fingerprint density at radius 1 is 1.12 bits per heavy atom. The zero-order valence-electron chi connectivity index (χ0n) is 14.4. The van der Waals surface area contributed by atoms with Gasteiger partial charge >= 0.3 is 0 Å². The van der Waals surface area contributed by atoms with Crippen LogP contribution in [0.25, 0.3) is 0 Å². The van der Waals surface area contributed by atoms with Crippen LogP contribution >= 0.6 is 0 Å². The molecule has 0 aliphatic rings. The van der Waals surface area contributed by atoms with E-state index in [-0.39, 0.29) is 18.0 Å². The summed E-state index contributed by atoms with van der Waals surface area (Å²) >= 11 is 0. The van der Waals surface area contributed by atoms with E-state index in [0.29, 0.717) is 5.69 Å². The monoisotopic (exact) mass is 358 g/mol. The summed E-state index contributed by atoms with van der Waals surface area (Å²) in [6, 6.07) is 13.6. The third-order valence-corrected chi connectivity index (χ3v) is 5.34. The molecule has 0 aliphatic carbocycles. The zero-order valence-corrected chi connectivity index (χ0v) is 15.2. The Bertz CT molecular complexity index is 841. The minimum atomic E-state index is -3.86. The van der Waals surface area contributed by atoms with Crippen LogP contribution in [0.1, 0.15) is 11.1 Å². The highest BCUT2D eigenvalue weighted by atomic mass is 32.2. The molecule has 1 N–H and O–H groups in total. The molecule has 2 aromatic carbocycles. The van der Waals surface area contributed by atoms with E-state index in [9.17, 15) is 13.2 Å². The van der Waals surface area contributed by atoms with Crippen molar-refractivity contribution in [1.82, 2.24) is 5.32 Å². The largest absolute Gasteiger partial charge is 0.351 e. The third kappa shape index (κ3) is 4.70. The second kappa shape index (κ2) is 7.98. The number of hydrogen-bond donors (Lipinski definition) is 1. The fraction of sp³-hybridized carbons (Fsp3) is 0.211. The molecule has 0 fully saturated rings. The Balaban J connectivity index is 2.48. The van der Waals surface area contributed by atoms with Crippen molar-refractivity contribution < 1.29 is 13.2 Å². The number of nitrogens with one attached hydrogen (secondary N) is 1. The zero-order chi connectivity index (χ0) is 18.4. The summed E-state index contributed by atoms with van der Waals surface area (Å²) in [5.74, 6) is -0.390. The molecule has 0 atom stereocenters. The van der Waals surface area contributed by atoms with Crippen molar-refractivity contribution in [2.75, 3.05) is 17.4 Å². The molecule has 0 saturated heterocycles. The van der Waals surface area contributed by atoms with Gasteiger partial charge < -0.3 is 5.32 Å². The summed E-state index contributed by atoms with van der Waals surface area (Å²) < 4.78 is 27.3. The van der Waals surface area contributed by atoms with Crippen molar-refractivity contribution in [1.29, 1.82) is 0 Å². The molecule has 0 bridgehead atoms. The number of anilines is 1. The molecular weight excluding hydrogens is 336 g/mol. The van der Waals surface area contributed by atoms with Crippen LogP contribution in [0.2, 0.25) is 0 Å². The van der Waals surface area contributed by atoms with E-state index in [1.54, 1.807) is 36.4 Å². The smallest absolute Gasteiger partial charge is 0.264 e. The summed E-state index contributed by atoms with van der Waals surface area (Å²) in [5, 5.41) is 2.62. The van der Waals surface area contributed by atoms with Crippen LogP contribution in [-0.2, 0) is 14.8 Å². The second-order valence-electron chi connectivity index (χ2n) is 5.76. The van der Waals surface area contributed by atoms with Gasteiger partial charge in [-0.15, -0.1) is 6.58 Å². The predicted octanol–water partition coefficient (Wildman–Crippen LogP) is 2.80. The molecule has 0 aliphatic heterocycles. The number of carbonyl (C=O) groups excluding carboxylic acids is 1. The molecule has 0 heterocycles. The maximum atomic E-state index is 13.1. The number of hydrogen-bond acceptors (Lipinski definition) is 3. The number of sulfonamides is 1. The molecule has 0 saturated carbocycles. The maximum Gasteiger partial charge on any atom is 0.264 e. The molecule has 1 amide bonds. The van der Waals surface area contributed by atoms with Crippen molar-refractivity contribution >= 4 is 21.6 Å². The standard InChI is InChI=1S/C19H22N2O3S/c1-4-10-20-19(22)14-21(17-12-15(2)11-16(3)13-17)25(23,24)18-8-6-5-7-9-18/h4-9,11-13H,1,10,14H2,2-3H3,(H,20,22). The second-order valence-corrected chi connectivity index (χ2v) is 7.63. The van der Waals surface area contributed by atoms with Crippen LogP contribution in [0.3, 0.4) is 0 Å². The normalized spacial score (nSPS) is 11.0. The van der Waals surface area contributed by atoms with Crippen molar-refractivity contribution in [3.8, 4) is 0 Å². The number of aryl methyl sites for hydroxylation is 2. The maximum absolute atomic E-state index is 13.1. The van der Waals surface area contributed by atoms with Crippen LogP contribution in [0.4, 0.5) is 5.69 Å². The molecule has 5 nitrogen and oxygen atoms in total. The van der Waals surface area contributed by atoms with Crippen LogP contribution in [0, 0.1) is 13.8 Å². The molecule has 132 valence electrons. The molecule has 0 radical (unpaired) electrons. The summed E-state index contributed by atoms with van der Waals surface area (Å²) in [6.07, 6.45) is 1.55. The average Bonchev–Trinajstić information content (AvgIpc) is 2.57. The molecule has 0 aromatic heterocycles. The van der Waals surface area contributed by atoms with Gasteiger partial charge in [-0.2, -0.15) is 0 Å². The third-order valence-electron chi connectivity index (χ3n) is 3.56. The molecular formula is C19H22N2O3S. The van der Waals surface area contributed by atoms with E-state index < -0.39 is 15.9 Å². The van der Waals surface area contributed by atoms with Crippen LogP contribution in [-0.4, -0.2) is 27.4 Å². The van der Waals surface area contributed by atoms with Crippen LogP contribution < -0.4 is 9.62 Å². The Morgan fingerprint density at radius 3 is 2.28 bits per heavy atom. The van der Waals surface area contributed by atoms with Gasteiger partial charge in [-0.05, 0) is 49.2 Å². The molecule has 25 heavy (non-hydrogen) atoms. The van der Waals surface area contributed by atoms with Crippen LogP contribution in [0.15, 0.2) is 66.1 Å². The van der Waals surface area contributed by atoms with Gasteiger partial charge in [-0.1, -0.05) is 30.3 Å². The number of carbonyl (C=O) groups is 1. The van der Waals surface area contributed by atoms with Crippen molar-refractivity contribution in [3.05, 3.63) is 72.3 Å². The highest BCUT2D eigenvalue weighted by Crippen LogP contribution is 2.25. The lowest BCUT2D eigenvalue weighted by molar-refractivity contribution is -0.119. The lowest BCUT2D eigenvalue weighted by atomic mass is 10.1. The highest BCUT2D eigenvalue weighted by molar-refractivity contribution is 7.92. The first-order valence-electron chi connectivity index (χ1n) is 7.88. The van der Waals surface area contributed by atoms with Gasteiger partial charge in [0.2, 0.25) is 5.91 Å². The Morgan fingerprint density at radius 2 is 1.72 bits per heavy atom. The topological polar surface area (TPSA) is 66.5 Å². The summed E-state index contributed by atoms with van der Waals surface area (Å²) in [5.41, 5.74) is 2.32. The van der Waals surface area contributed by atoms with Gasteiger partial charge in [0.1, 0.15) is 6.54 Å². The lowest BCUT2D eigenvalue weighted by Gasteiger charge is -2.24. The van der Waals surface area contributed by atoms with E-state index in [1.807, 2.05) is 19.9 Å². The van der Waals surface area contributed by atoms with E-state index in [2.05, 4.69) is 11.9 Å². The Labute approximate surface area is 149 Å². The molecule has 2 rings (SSSR count). The first kappa shape index (κ1) is 18.7. The average molecular weight is 358 g/mol. The van der Waals surface area contributed by atoms with Gasteiger partial charge in [0.15, 0.2) is 0 Å². The van der Waals surface area contributed by atoms with Gasteiger partial charge in [0.25, 0.3) is 10.0 Å². The number of nitrogens with zero attached hydrogens (tertiary/aromatic N) is 1. The van der Waals surface area contributed by atoms with E-state index in [1.165, 1.54) is 12.1 Å². The Hall–Kier alpha value is -2.60. The molecule has 0 spiro atoms. The summed E-state index contributed by atoms with van der Waals surface area (Å²) in [4.78, 5) is 12.3. The quantitative estimate of drug-likeness (QED) is 0.774. The fourth-order valence-electron chi connectivity index (χ4n) is 2.50. The number of benzene rings is 2. The van der Waals surface area contributed by atoms with Crippen molar-refractivity contribution in [2.45, 2.75) is 18.7 Å². The van der Waals surface area contributed by atoms with Crippen molar-refractivity contribution in [2.24, 2.45) is 0 Å². The van der Waals surface area contributed by atoms with Gasteiger partial charge in [0.05, 0.1) is 10.6 Å². The first-order chi connectivity index (χ1) is 11.8. The van der Waals surface area contributed by atoms with Gasteiger partial charge in [-0.3, -0.25) is 9.10 Å². The molecule has 0 unspecified atom stereocenters. The SMILES string of the molecule is C=CCNC(=O)CN(c1cc(C)cc(C)c1)S(=O)(=O)c1ccccc1.